The van der Waals surface area contributed by atoms with Gasteiger partial charge in [-0.3, -0.25) is 4.79 Å². The maximum Gasteiger partial charge on any atom is 0.306 e. The fourth-order valence-electron chi connectivity index (χ4n) is 3.15. The Hall–Kier alpha value is -0.830. The van der Waals surface area contributed by atoms with Gasteiger partial charge in [0.05, 0.1) is 12.7 Å². The Labute approximate surface area is 109 Å². The van der Waals surface area contributed by atoms with Crippen molar-refractivity contribution in [2.45, 2.75) is 51.6 Å². The number of hydrogen-bond donors (Lipinski definition) is 1. The second kappa shape index (κ2) is 6.37. The molecule has 1 fully saturated rings. The first-order valence-electron chi connectivity index (χ1n) is 7.24. The molecule has 0 aromatic rings. The second-order valence-electron chi connectivity index (χ2n) is 5.60. The first-order chi connectivity index (χ1) is 8.72. The lowest BCUT2D eigenvalue weighted by Gasteiger charge is -2.17. The number of fused-ring (bicyclic) bond motifs is 2. The standard InChI is InChI=1S/C15H24O3/c1-2-3-4-5-8-18-14(16)10-12-9-11-6-7-13(12)15(11)17/h6-7,11-13,15,17H,2-5,8-10H2,1H3. The van der Waals surface area contributed by atoms with Gasteiger partial charge in [-0.1, -0.05) is 38.3 Å². The summed E-state index contributed by atoms with van der Waals surface area (Å²) in [4.78, 5) is 11.7. The van der Waals surface area contributed by atoms with E-state index in [1.807, 2.05) is 0 Å². The maximum absolute atomic E-state index is 11.7. The molecule has 0 heterocycles. The third-order valence-corrected chi connectivity index (χ3v) is 4.22. The molecule has 3 nitrogen and oxygen atoms in total. The lowest BCUT2D eigenvalue weighted by Crippen LogP contribution is -2.19. The Morgan fingerprint density at radius 3 is 2.78 bits per heavy atom. The van der Waals surface area contributed by atoms with Crippen molar-refractivity contribution in [3.05, 3.63) is 12.2 Å². The van der Waals surface area contributed by atoms with Gasteiger partial charge in [0.1, 0.15) is 0 Å². The van der Waals surface area contributed by atoms with E-state index >= 15 is 0 Å². The molecule has 3 heteroatoms. The summed E-state index contributed by atoms with van der Waals surface area (Å²) in [5.41, 5.74) is 0. The number of rotatable bonds is 7. The summed E-state index contributed by atoms with van der Waals surface area (Å²) in [6, 6.07) is 0. The summed E-state index contributed by atoms with van der Waals surface area (Å²) < 4.78 is 5.25. The third kappa shape index (κ3) is 3.14. The van der Waals surface area contributed by atoms with Gasteiger partial charge in [0.25, 0.3) is 0 Å². The smallest absolute Gasteiger partial charge is 0.306 e. The topological polar surface area (TPSA) is 46.5 Å². The SMILES string of the molecule is CCCCCCOC(=O)CC1CC2C=CC1C2O. The molecular formula is C15H24O3. The number of carbonyl (C=O) groups excluding carboxylic acids is 1. The first-order valence-corrected chi connectivity index (χ1v) is 7.24. The van der Waals surface area contributed by atoms with E-state index in [-0.39, 0.29) is 29.8 Å². The zero-order valence-electron chi connectivity index (χ0n) is 11.2. The number of unbranched alkanes of at least 4 members (excludes halogenated alkanes) is 3. The van der Waals surface area contributed by atoms with Gasteiger partial charge in [-0.2, -0.15) is 0 Å². The van der Waals surface area contributed by atoms with E-state index in [4.69, 9.17) is 4.74 Å². The summed E-state index contributed by atoms with van der Waals surface area (Å²) in [5, 5.41) is 9.87. The lowest BCUT2D eigenvalue weighted by atomic mass is 9.90. The number of carbonyl (C=O) groups is 1. The van der Waals surface area contributed by atoms with Crippen molar-refractivity contribution in [1.29, 1.82) is 0 Å². The molecule has 4 unspecified atom stereocenters. The molecule has 2 rings (SSSR count). The molecule has 0 saturated heterocycles. The molecule has 2 bridgehead atoms. The van der Waals surface area contributed by atoms with Crippen LogP contribution in [0.15, 0.2) is 12.2 Å². The van der Waals surface area contributed by atoms with E-state index in [0.29, 0.717) is 13.0 Å². The quantitative estimate of drug-likeness (QED) is 0.430. The molecule has 2 aliphatic carbocycles. The van der Waals surface area contributed by atoms with Gasteiger partial charge < -0.3 is 9.84 Å². The predicted molar refractivity (Wildman–Crippen MR) is 70.0 cm³/mol. The summed E-state index contributed by atoms with van der Waals surface area (Å²) in [6.07, 6.45) is 9.82. The molecule has 0 aliphatic heterocycles. The highest BCUT2D eigenvalue weighted by Crippen LogP contribution is 2.45. The summed E-state index contributed by atoms with van der Waals surface area (Å²) in [7, 11) is 0. The van der Waals surface area contributed by atoms with Crippen LogP contribution in [-0.4, -0.2) is 23.8 Å². The number of hydrogen-bond acceptors (Lipinski definition) is 3. The average Bonchev–Trinajstić information content (AvgIpc) is 2.84. The molecule has 0 spiro atoms. The molecule has 0 aromatic heterocycles. The fraction of sp³-hybridized carbons (Fsp3) is 0.800. The average molecular weight is 252 g/mol. The molecule has 0 radical (unpaired) electrons. The van der Waals surface area contributed by atoms with Crippen LogP contribution in [0, 0.1) is 17.8 Å². The zero-order chi connectivity index (χ0) is 13.0. The molecule has 0 amide bonds. The van der Waals surface area contributed by atoms with Gasteiger partial charge >= 0.3 is 5.97 Å². The Morgan fingerprint density at radius 1 is 1.33 bits per heavy atom. The Morgan fingerprint density at radius 2 is 2.17 bits per heavy atom. The molecule has 2 aliphatic rings. The second-order valence-corrected chi connectivity index (χ2v) is 5.60. The van der Waals surface area contributed by atoms with Crippen LogP contribution in [0.1, 0.15) is 45.4 Å². The van der Waals surface area contributed by atoms with Crippen LogP contribution in [0.25, 0.3) is 0 Å². The highest BCUT2D eigenvalue weighted by molar-refractivity contribution is 5.69. The van der Waals surface area contributed by atoms with E-state index in [0.717, 1.165) is 19.3 Å². The van der Waals surface area contributed by atoms with Gasteiger partial charge in [0.15, 0.2) is 0 Å². The van der Waals surface area contributed by atoms with E-state index in [1.165, 1.54) is 12.8 Å². The minimum Gasteiger partial charge on any atom is -0.466 e. The Balaban J connectivity index is 1.62. The van der Waals surface area contributed by atoms with Crippen molar-refractivity contribution >= 4 is 5.97 Å². The van der Waals surface area contributed by atoms with Crippen LogP contribution in [0.5, 0.6) is 0 Å². The third-order valence-electron chi connectivity index (χ3n) is 4.22. The van der Waals surface area contributed by atoms with Crippen molar-refractivity contribution in [2.75, 3.05) is 6.61 Å². The van der Waals surface area contributed by atoms with Crippen molar-refractivity contribution < 1.29 is 14.6 Å². The molecular weight excluding hydrogens is 228 g/mol. The van der Waals surface area contributed by atoms with Crippen LogP contribution < -0.4 is 0 Å². The number of esters is 1. The molecule has 0 aromatic carbocycles. The Bertz CT molecular complexity index is 311. The number of aliphatic hydroxyl groups is 1. The van der Waals surface area contributed by atoms with Crippen LogP contribution in [-0.2, 0) is 9.53 Å². The van der Waals surface area contributed by atoms with Gasteiger partial charge in [-0.15, -0.1) is 0 Å². The van der Waals surface area contributed by atoms with E-state index in [2.05, 4.69) is 19.1 Å². The summed E-state index contributed by atoms with van der Waals surface area (Å²) >= 11 is 0. The van der Waals surface area contributed by atoms with Crippen molar-refractivity contribution in [2.24, 2.45) is 17.8 Å². The van der Waals surface area contributed by atoms with Crippen LogP contribution in [0.4, 0.5) is 0 Å². The predicted octanol–water partition coefficient (Wildman–Crippen LogP) is 2.68. The Kier molecular flexibility index (Phi) is 4.81. The van der Waals surface area contributed by atoms with E-state index in [1.54, 1.807) is 0 Å². The van der Waals surface area contributed by atoms with E-state index < -0.39 is 0 Å². The van der Waals surface area contributed by atoms with Crippen LogP contribution in [0.2, 0.25) is 0 Å². The highest BCUT2D eigenvalue weighted by atomic mass is 16.5. The molecule has 4 atom stereocenters. The normalized spacial score (nSPS) is 33.0. The first kappa shape index (κ1) is 13.6. The summed E-state index contributed by atoms with van der Waals surface area (Å²) in [5.74, 6) is 0.655. The number of ether oxygens (including phenoxy) is 1. The zero-order valence-corrected chi connectivity index (χ0v) is 11.2. The van der Waals surface area contributed by atoms with Crippen LogP contribution >= 0.6 is 0 Å². The van der Waals surface area contributed by atoms with Crippen molar-refractivity contribution in [3.8, 4) is 0 Å². The largest absolute Gasteiger partial charge is 0.466 e. The summed E-state index contributed by atoms with van der Waals surface area (Å²) in [6.45, 7) is 2.72. The molecule has 1 N–H and O–H groups in total. The maximum atomic E-state index is 11.7. The molecule has 102 valence electrons. The highest BCUT2D eigenvalue weighted by Gasteiger charge is 2.44. The van der Waals surface area contributed by atoms with E-state index in [9.17, 15) is 9.90 Å². The van der Waals surface area contributed by atoms with Gasteiger partial charge in [0, 0.05) is 18.3 Å². The fourth-order valence-corrected chi connectivity index (χ4v) is 3.15. The van der Waals surface area contributed by atoms with Crippen molar-refractivity contribution in [1.82, 2.24) is 0 Å². The molecule has 1 saturated carbocycles. The van der Waals surface area contributed by atoms with Gasteiger partial charge in [-0.05, 0) is 18.8 Å². The molecule has 18 heavy (non-hydrogen) atoms. The minimum absolute atomic E-state index is 0.0929. The lowest BCUT2D eigenvalue weighted by molar-refractivity contribution is -0.145. The monoisotopic (exact) mass is 252 g/mol. The van der Waals surface area contributed by atoms with Gasteiger partial charge in [0.2, 0.25) is 0 Å². The minimum atomic E-state index is -0.257. The number of aliphatic hydroxyl groups excluding tert-OH is 1. The van der Waals surface area contributed by atoms with Gasteiger partial charge in [-0.25, -0.2) is 0 Å². The van der Waals surface area contributed by atoms with Crippen LogP contribution in [0.3, 0.4) is 0 Å². The van der Waals surface area contributed by atoms with Crippen molar-refractivity contribution in [3.63, 3.8) is 0 Å².